The average molecular weight is 465 g/mol. The highest BCUT2D eigenvalue weighted by Crippen LogP contribution is 2.17. The van der Waals surface area contributed by atoms with E-state index < -0.39 is 5.82 Å². The Hall–Kier alpha value is -3.79. The number of benzene rings is 2. The van der Waals surface area contributed by atoms with Crippen LogP contribution in [0.25, 0.3) is 5.65 Å². The molecule has 0 bridgehead atoms. The van der Waals surface area contributed by atoms with Crippen molar-refractivity contribution in [1.82, 2.24) is 25.1 Å². The molecule has 2 aromatic heterocycles. The summed E-state index contributed by atoms with van der Waals surface area (Å²) in [5.41, 5.74) is 2.66. The minimum atomic E-state index is -0.414. The lowest BCUT2D eigenvalue weighted by Crippen LogP contribution is -2.26. The van der Waals surface area contributed by atoms with Crippen LogP contribution in [0.2, 0.25) is 0 Å². The standard InChI is InChI=1S/C23H21FN6O2S/c1-15-5-7-16(8-6-15)23(32)25-12-11-20-28-27-19-9-10-22(29-30(19)20)33-14-21(31)26-18-4-2-3-17(24)13-18/h2-10,13H,11-12,14H2,1H3,(H,25,32)(H,26,31). The quantitative estimate of drug-likeness (QED) is 0.388. The molecule has 0 saturated carbocycles. The van der Waals surface area contributed by atoms with Crippen LogP contribution < -0.4 is 10.6 Å². The second-order valence-corrected chi connectivity index (χ2v) is 8.27. The van der Waals surface area contributed by atoms with E-state index >= 15 is 0 Å². The monoisotopic (exact) mass is 464 g/mol. The Morgan fingerprint density at radius 1 is 1.06 bits per heavy atom. The van der Waals surface area contributed by atoms with Gasteiger partial charge in [-0.2, -0.15) is 9.61 Å². The third-order valence-electron chi connectivity index (χ3n) is 4.71. The molecule has 10 heteroatoms. The molecule has 0 aliphatic rings. The third-order valence-corrected chi connectivity index (χ3v) is 5.63. The summed E-state index contributed by atoms with van der Waals surface area (Å²) in [6.07, 6.45) is 0.444. The Balaban J connectivity index is 1.33. The second kappa shape index (κ2) is 10.2. The lowest BCUT2D eigenvalue weighted by atomic mass is 10.1. The van der Waals surface area contributed by atoms with Gasteiger partial charge in [0.2, 0.25) is 5.91 Å². The van der Waals surface area contributed by atoms with Gasteiger partial charge in [0.05, 0.1) is 5.75 Å². The van der Waals surface area contributed by atoms with Crippen molar-refractivity contribution in [1.29, 1.82) is 0 Å². The van der Waals surface area contributed by atoms with Crippen molar-refractivity contribution in [2.24, 2.45) is 0 Å². The number of anilines is 1. The zero-order valence-corrected chi connectivity index (χ0v) is 18.6. The van der Waals surface area contributed by atoms with Crippen LogP contribution in [0.15, 0.2) is 65.7 Å². The van der Waals surface area contributed by atoms with E-state index in [1.165, 1.54) is 30.0 Å². The van der Waals surface area contributed by atoms with Gasteiger partial charge in [0.25, 0.3) is 5.91 Å². The van der Waals surface area contributed by atoms with Crippen LogP contribution in [0.4, 0.5) is 10.1 Å². The van der Waals surface area contributed by atoms with Gasteiger partial charge in [0, 0.05) is 24.2 Å². The van der Waals surface area contributed by atoms with Crippen LogP contribution in [0.1, 0.15) is 21.7 Å². The van der Waals surface area contributed by atoms with Gasteiger partial charge in [-0.05, 0) is 49.4 Å². The van der Waals surface area contributed by atoms with E-state index in [9.17, 15) is 14.0 Å². The van der Waals surface area contributed by atoms with Crippen LogP contribution in [-0.2, 0) is 11.2 Å². The van der Waals surface area contributed by atoms with E-state index in [4.69, 9.17) is 0 Å². The molecule has 33 heavy (non-hydrogen) atoms. The van der Waals surface area contributed by atoms with Gasteiger partial charge in [0.1, 0.15) is 10.8 Å². The first-order chi connectivity index (χ1) is 16.0. The van der Waals surface area contributed by atoms with Crippen molar-refractivity contribution >= 4 is 34.9 Å². The molecule has 0 unspecified atom stereocenters. The van der Waals surface area contributed by atoms with Crippen molar-refractivity contribution in [3.05, 3.63) is 83.4 Å². The van der Waals surface area contributed by atoms with Crippen molar-refractivity contribution in [3.8, 4) is 0 Å². The van der Waals surface area contributed by atoms with Gasteiger partial charge >= 0.3 is 0 Å². The Bertz CT molecular complexity index is 1290. The number of nitrogens with one attached hydrogen (secondary N) is 2. The molecule has 0 atom stereocenters. The number of carbonyl (C=O) groups is 2. The lowest BCUT2D eigenvalue weighted by Gasteiger charge is -2.06. The molecular formula is C23H21FN6O2S. The summed E-state index contributed by atoms with van der Waals surface area (Å²) in [6.45, 7) is 2.34. The summed E-state index contributed by atoms with van der Waals surface area (Å²) < 4.78 is 14.9. The fourth-order valence-corrected chi connectivity index (χ4v) is 3.70. The topological polar surface area (TPSA) is 101 Å². The smallest absolute Gasteiger partial charge is 0.251 e. The number of fused-ring (bicyclic) bond motifs is 1. The Morgan fingerprint density at radius 2 is 1.88 bits per heavy atom. The van der Waals surface area contributed by atoms with E-state index in [-0.39, 0.29) is 17.6 Å². The molecule has 168 valence electrons. The van der Waals surface area contributed by atoms with Crippen LogP contribution in [0.3, 0.4) is 0 Å². The van der Waals surface area contributed by atoms with Gasteiger partial charge in [0.15, 0.2) is 11.5 Å². The first-order valence-electron chi connectivity index (χ1n) is 10.2. The summed E-state index contributed by atoms with van der Waals surface area (Å²) in [6, 6.07) is 16.6. The van der Waals surface area contributed by atoms with Crippen molar-refractivity contribution in [2.75, 3.05) is 17.6 Å². The van der Waals surface area contributed by atoms with Crippen LogP contribution in [0.5, 0.6) is 0 Å². The number of amides is 2. The summed E-state index contributed by atoms with van der Waals surface area (Å²) in [4.78, 5) is 24.4. The fourth-order valence-electron chi connectivity index (χ4n) is 3.05. The molecule has 0 aliphatic carbocycles. The predicted octanol–water partition coefficient (Wildman–Crippen LogP) is 3.28. The Morgan fingerprint density at radius 3 is 2.67 bits per heavy atom. The normalized spacial score (nSPS) is 10.8. The molecule has 8 nitrogen and oxygen atoms in total. The summed E-state index contributed by atoms with van der Waals surface area (Å²) in [7, 11) is 0. The molecule has 2 amide bonds. The zero-order valence-electron chi connectivity index (χ0n) is 17.8. The summed E-state index contributed by atoms with van der Waals surface area (Å²) in [5.74, 6) is -0.129. The van der Waals surface area contributed by atoms with Crippen LogP contribution in [-0.4, -0.2) is 43.9 Å². The van der Waals surface area contributed by atoms with E-state index in [0.29, 0.717) is 40.7 Å². The molecule has 0 saturated heterocycles. The molecule has 2 N–H and O–H groups in total. The summed E-state index contributed by atoms with van der Waals surface area (Å²) >= 11 is 1.24. The number of aromatic nitrogens is 4. The molecule has 4 rings (SSSR count). The van der Waals surface area contributed by atoms with E-state index in [0.717, 1.165) is 5.56 Å². The van der Waals surface area contributed by atoms with Crippen molar-refractivity contribution in [2.45, 2.75) is 18.4 Å². The molecule has 0 spiro atoms. The van der Waals surface area contributed by atoms with Crippen molar-refractivity contribution < 1.29 is 14.0 Å². The third kappa shape index (κ3) is 5.92. The highest BCUT2D eigenvalue weighted by atomic mass is 32.2. The van der Waals surface area contributed by atoms with E-state index in [2.05, 4.69) is 25.9 Å². The number of aryl methyl sites for hydroxylation is 1. The number of nitrogens with zero attached hydrogens (tertiary/aromatic N) is 4. The number of thioether (sulfide) groups is 1. The molecule has 4 aromatic rings. The molecule has 2 aromatic carbocycles. The van der Waals surface area contributed by atoms with Gasteiger partial charge < -0.3 is 10.6 Å². The number of rotatable bonds is 8. The number of carbonyl (C=O) groups excluding carboxylic acids is 2. The van der Waals surface area contributed by atoms with Gasteiger partial charge in [-0.15, -0.1) is 10.2 Å². The van der Waals surface area contributed by atoms with E-state index in [1.807, 2.05) is 19.1 Å². The second-order valence-electron chi connectivity index (χ2n) is 7.28. The minimum absolute atomic E-state index is 0.110. The molecule has 2 heterocycles. The molecular weight excluding hydrogens is 443 g/mol. The van der Waals surface area contributed by atoms with Gasteiger partial charge in [-0.25, -0.2) is 4.39 Å². The minimum Gasteiger partial charge on any atom is -0.352 e. The van der Waals surface area contributed by atoms with Gasteiger partial charge in [-0.3, -0.25) is 9.59 Å². The van der Waals surface area contributed by atoms with Gasteiger partial charge in [-0.1, -0.05) is 35.5 Å². The Labute approximate surface area is 193 Å². The Kier molecular flexibility index (Phi) is 6.94. The first kappa shape index (κ1) is 22.4. The highest BCUT2D eigenvalue weighted by Gasteiger charge is 2.11. The molecule has 0 aliphatic heterocycles. The number of hydrogen-bond acceptors (Lipinski definition) is 6. The predicted molar refractivity (Wildman–Crippen MR) is 124 cm³/mol. The van der Waals surface area contributed by atoms with Crippen LogP contribution in [0, 0.1) is 12.7 Å². The zero-order chi connectivity index (χ0) is 23.2. The molecule has 0 fully saturated rings. The van der Waals surface area contributed by atoms with Crippen molar-refractivity contribution in [3.63, 3.8) is 0 Å². The number of halogens is 1. The van der Waals surface area contributed by atoms with Crippen LogP contribution >= 0.6 is 11.8 Å². The summed E-state index contributed by atoms with van der Waals surface area (Å²) in [5, 5.41) is 18.9. The SMILES string of the molecule is Cc1ccc(C(=O)NCCc2nnc3ccc(SCC(=O)Nc4cccc(F)c4)nn23)cc1. The molecule has 0 radical (unpaired) electrons. The number of hydrogen-bond donors (Lipinski definition) is 2. The highest BCUT2D eigenvalue weighted by molar-refractivity contribution is 7.99. The lowest BCUT2D eigenvalue weighted by molar-refractivity contribution is -0.113. The maximum Gasteiger partial charge on any atom is 0.251 e. The average Bonchev–Trinajstić information content (AvgIpc) is 3.20. The maximum absolute atomic E-state index is 13.3. The first-order valence-corrected chi connectivity index (χ1v) is 11.2. The van der Waals surface area contributed by atoms with E-state index in [1.54, 1.807) is 34.8 Å². The fraction of sp³-hybridized carbons (Fsp3) is 0.174. The maximum atomic E-state index is 13.3. The largest absolute Gasteiger partial charge is 0.352 e.